The van der Waals surface area contributed by atoms with Crippen molar-refractivity contribution in [2.45, 2.75) is 13.0 Å². The fourth-order valence-corrected chi connectivity index (χ4v) is 4.76. The number of hydrogen-bond acceptors (Lipinski definition) is 4. The number of carbonyl (C=O) groups is 1. The molecule has 0 N–H and O–H groups in total. The molecular weight excluding hydrogens is 466 g/mol. The highest BCUT2D eigenvalue weighted by Crippen LogP contribution is 2.33. The Morgan fingerprint density at radius 1 is 1.09 bits per heavy atom. The van der Waals surface area contributed by atoms with Gasteiger partial charge in [-0.3, -0.25) is 9.69 Å². The highest BCUT2D eigenvalue weighted by atomic mass is 35.5. The van der Waals surface area contributed by atoms with Gasteiger partial charge in [-0.05, 0) is 29.3 Å². The van der Waals surface area contributed by atoms with Crippen molar-refractivity contribution in [3.63, 3.8) is 0 Å². The van der Waals surface area contributed by atoms with Crippen LogP contribution in [0.5, 0.6) is 0 Å². The average molecular weight is 485 g/mol. The number of fused-ring (bicyclic) bond motifs is 2. The van der Waals surface area contributed by atoms with E-state index in [1.165, 1.54) is 6.07 Å². The van der Waals surface area contributed by atoms with Gasteiger partial charge in [0.15, 0.2) is 10.9 Å². The summed E-state index contributed by atoms with van der Waals surface area (Å²) in [5.74, 6) is -1.64. The molecule has 9 heteroatoms. The summed E-state index contributed by atoms with van der Waals surface area (Å²) in [6.45, 7) is 1.03. The van der Waals surface area contributed by atoms with E-state index in [4.69, 9.17) is 0 Å². The van der Waals surface area contributed by atoms with E-state index in [9.17, 15) is 13.6 Å². The van der Waals surface area contributed by atoms with E-state index in [0.717, 1.165) is 28.2 Å². The first kappa shape index (κ1) is 22.8. The Morgan fingerprint density at radius 3 is 2.73 bits per heavy atom. The first-order chi connectivity index (χ1) is 15.6. The number of rotatable bonds is 6. The maximum atomic E-state index is 14.3. The largest absolute Gasteiger partial charge is 0.337 e. The highest BCUT2D eigenvalue weighted by Gasteiger charge is 2.23. The monoisotopic (exact) mass is 484 g/mol. The first-order valence-electron chi connectivity index (χ1n) is 10.1. The standard InChI is InChI=1S/C24H18F2N4OS.ClH/c25-17-13-20(26)22-21(14-17)32-24(28-22)30(11-4-10-29-12-9-27-15-29)23(31)19-8-3-6-16-5-1-2-7-18(16)19;/h1-3,5-9,12-15H,4,10-11H2;1H. The number of aryl methyl sites for hydroxylation is 1. The van der Waals surface area contributed by atoms with E-state index in [1.54, 1.807) is 23.5 Å². The van der Waals surface area contributed by atoms with Crippen molar-refractivity contribution in [3.05, 3.63) is 90.5 Å². The second-order valence-corrected chi connectivity index (χ2v) is 8.38. The number of benzene rings is 3. The lowest BCUT2D eigenvalue weighted by molar-refractivity contribution is 0.0988. The fourth-order valence-electron chi connectivity index (χ4n) is 3.73. The SMILES string of the molecule is Cl.O=C(c1cccc2ccccc12)N(CCCn1ccnc1)c1nc2c(F)cc(F)cc2s1. The number of thiazole rings is 1. The Labute approximate surface area is 198 Å². The second-order valence-electron chi connectivity index (χ2n) is 7.37. The quantitative estimate of drug-likeness (QED) is 0.293. The summed E-state index contributed by atoms with van der Waals surface area (Å²) in [5.41, 5.74) is 0.605. The predicted octanol–water partition coefficient (Wildman–Crippen LogP) is 6.08. The molecule has 2 aromatic heterocycles. The maximum absolute atomic E-state index is 14.3. The molecule has 3 aromatic carbocycles. The van der Waals surface area contributed by atoms with Crippen molar-refractivity contribution >= 4 is 55.8 Å². The van der Waals surface area contributed by atoms with Crippen LogP contribution in [0.25, 0.3) is 21.0 Å². The van der Waals surface area contributed by atoms with Gasteiger partial charge < -0.3 is 4.57 Å². The topological polar surface area (TPSA) is 51.0 Å². The summed E-state index contributed by atoms with van der Waals surface area (Å²) in [7, 11) is 0. The van der Waals surface area contributed by atoms with Crippen LogP contribution in [0, 0.1) is 11.6 Å². The molecule has 0 radical (unpaired) electrons. The maximum Gasteiger partial charge on any atom is 0.260 e. The number of carbonyl (C=O) groups excluding carboxylic acids is 1. The molecule has 0 atom stereocenters. The molecule has 5 aromatic rings. The minimum Gasteiger partial charge on any atom is -0.337 e. The zero-order chi connectivity index (χ0) is 22.1. The van der Waals surface area contributed by atoms with E-state index in [1.807, 2.05) is 47.2 Å². The van der Waals surface area contributed by atoms with Gasteiger partial charge >= 0.3 is 0 Å². The van der Waals surface area contributed by atoms with Crippen molar-refractivity contribution < 1.29 is 13.6 Å². The lowest BCUT2D eigenvalue weighted by Crippen LogP contribution is -2.32. The molecule has 5 rings (SSSR count). The van der Waals surface area contributed by atoms with Crippen LogP contribution >= 0.6 is 23.7 Å². The van der Waals surface area contributed by atoms with Crippen LogP contribution in [-0.4, -0.2) is 27.0 Å². The van der Waals surface area contributed by atoms with Gasteiger partial charge in [-0.2, -0.15) is 0 Å². The molecule has 0 spiro atoms. The summed E-state index contributed by atoms with van der Waals surface area (Å²) < 4.78 is 30.3. The molecule has 0 saturated heterocycles. The third-order valence-electron chi connectivity index (χ3n) is 5.26. The molecular formula is C24H19ClF2N4OS. The Balaban J connectivity index is 0.00000259. The smallest absolute Gasteiger partial charge is 0.260 e. The molecule has 0 aliphatic rings. The van der Waals surface area contributed by atoms with Crippen LogP contribution in [0.15, 0.2) is 73.3 Å². The minimum atomic E-state index is -0.738. The molecule has 168 valence electrons. The minimum absolute atomic E-state index is 0. The van der Waals surface area contributed by atoms with Gasteiger partial charge in [-0.1, -0.05) is 47.7 Å². The third-order valence-corrected chi connectivity index (χ3v) is 6.28. The van der Waals surface area contributed by atoms with Crippen molar-refractivity contribution in [2.75, 3.05) is 11.4 Å². The van der Waals surface area contributed by atoms with E-state index < -0.39 is 11.6 Å². The van der Waals surface area contributed by atoms with E-state index in [2.05, 4.69) is 9.97 Å². The number of nitrogens with zero attached hydrogens (tertiary/aromatic N) is 4. The zero-order valence-electron chi connectivity index (χ0n) is 17.3. The van der Waals surface area contributed by atoms with E-state index >= 15 is 0 Å². The lowest BCUT2D eigenvalue weighted by Gasteiger charge is -2.21. The molecule has 0 aliphatic heterocycles. The van der Waals surface area contributed by atoms with Crippen molar-refractivity contribution in [1.82, 2.24) is 14.5 Å². The van der Waals surface area contributed by atoms with Gasteiger partial charge in [-0.15, -0.1) is 12.4 Å². The predicted molar refractivity (Wildman–Crippen MR) is 129 cm³/mol. The van der Waals surface area contributed by atoms with Gasteiger partial charge in [0.2, 0.25) is 0 Å². The number of anilines is 1. The summed E-state index contributed by atoms with van der Waals surface area (Å²) in [4.78, 5) is 23.6. The van der Waals surface area contributed by atoms with Gasteiger partial charge in [0, 0.05) is 37.1 Å². The fraction of sp³-hybridized carbons (Fsp3) is 0.125. The van der Waals surface area contributed by atoms with Gasteiger partial charge in [-0.25, -0.2) is 18.7 Å². The number of halogens is 3. The third kappa shape index (κ3) is 4.58. The Bertz CT molecular complexity index is 1420. The molecule has 1 amide bonds. The molecule has 0 fully saturated rings. The molecule has 5 nitrogen and oxygen atoms in total. The van der Waals surface area contributed by atoms with Crippen molar-refractivity contribution in [1.29, 1.82) is 0 Å². The van der Waals surface area contributed by atoms with Crippen LogP contribution in [0.4, 0.5) is 13.9 Å². The Morgan fingerprint density at radius 2 is 1.91 bits per heavy atom. The Hall–Kier alpha value is -3.36. The van der Waals surface area contributed by atoms with Gasteiger partial charge in [0.05, 0.1) is 11.0 Å². The molecule has 0 saturated carbocycles. The van der Waals surface area contributed by atoms with Gasteiger partial charge in [0.25, 0.3) is 5.91 Å². The zero-order valence-corrected chi connectivity index (χ0v) is 19.0. The second kappa shape index (κ2) is 9.64. The van der Waals surface area contributed by atoms with Crippen LogP contribution < -0.4 is 4.90 Å². The van der Waals surface area contributed by atoms with Gasteiger partial charge in [0.1, 0.15) is 11.3 Å². The average Bonchev–Trinajstić information content (AvgIpc) is 3.46. The van der Waals surface area contributed by atoms with E-state index in [0.29, 0.717) is 34.9 Å². The molecule has 0 aliphatic carbocycles. The van der Waals surface area contributed by atoms with Crippen LogP contribution in [-0.2, 0) is 6.54 Å². The summed E-state index contributed by atoms with van der Waals surface area (Å²) in [5, 5.41) is 2.13. The lowest BCUT2D eigenvalue weighted by atomic mass is 10.0. The van der Waals surface area contributed by atoms with Crippen molar-refractivity contribution in [3.8, 4) is 0 Å². The molecule has 2 heterocycles. The Kier molecular flexibility index (Phi) is 6.67. The van der Waals surface area contributed by atoms with Crippen LogP contribution in [0.2, 0.25) is 0 Å². The molecule has 0 unspecified atom stereocenters. The number of aromatic nitrogens is 3. The summed E-state index contributed by atoms with van der Waals surface area (Å²) in [6.07, 6.45) is 5.91. The van der Waals surface area contributed by atoms with Crippen LogP contribution in [0.3, 0.4) is 0 Å². The summed E-state index contributed by atoms with van der Waals surface area (Å²) in [6, 6.07) is 15.3. The number of amides is 1. The van der Waals surface area contributed by atoms with Crippen molar-refractivity contribution in [2.24, 2.45) is 0 Å². The first-order valence-corrected chi connectivity index (χ1v) is 10.9. The normalized spacial score (nSPS) is 11.0. The van der Waals surface area contributed by atoms with Crippen LogP contribution in [0.1, 0.15) is 16.8 Å². The molecule has 0 bridgehead atoms. The van der Waals surface area contributed by atoms with E-state index in [-0.39, 0.29) is 23.8 Å². The summed E-state index contributed by atoms with van der Waals surface area (Å²) >= 11 is 1.10. The number of hydrogen-bond donors (Lipinski definition) is 0. The molecule has 33 heavy (non-hydrogen) atoms. The number of imidazole rings is 1. The highest BCUT2D eigenvalue weighted by molar-refractivity contribution is 7.22.